The van der Waals surface area contributed by atoms with Crippen LogP contribution in [0.1, 0.15) is 32.4 Å². The maximum absolute atomic E-state index is 5.32. The fourth-order valence-corrected chi connectivity index (χ4v) is 1.83. The van der Waals surface area contributed by atoms with Crippen molar-refractivity contribution in [1.82, 2.24) is 20.3 Å². The number of nitrogens with one attached hydrogen (secondary N) is 1. The quantitative estimate of drug-likeness (QED) is 0.740. The van der Waals surface area contributed by atoms with Crippen LogP contribution >= 0.6 is 0 Å². The lowest BCUT2D eigenvalue weighted by Crippen LogP contribution is -2.35. The van der Waals surface area contributed by atoms with E-state index in [1.165, 1.54) is 0 Å². The van der Waals surface area contributed by atoms with Gasteiger partial charge in [0.05, 0.1) is 11.8 Å². The Labute approximate surface area is 104 Å². The maximum atomic E-state index is 5.32. The number of aryl methyl sites for hydroxylation is 1. The molecule has 1 aromatic heterocycles. The number of hydrogen-bond acceptors (Lipinski definition) is 4. The molecule has 1 heterocycles. The lowest BCUT2D eigenvalue weighted by atomic mass is 10.0. The smallest absolute Gasteiger partial charge is 0.0842 e. The average Bonchev–Trinajstić information content (AvgIpc) is 2.71. The summed E-state index contributed by atoms with van der Waals surface area (Å²) in [5, 5.41) is 11.6. The minimum atomic E-state index is 0.265. The molecule has 1 rings (SSSR count). The fourth-order valence-electron chi connectivity index (χ4n) is 1.83. The molecule has 0 bridgehead atoms. The van der Waals surface area contributed by atoms with Crippen molar-refractivity contribution >= 4 is 0 Å². The highest BCUT2D eigenvalue weighted by molar-refractivity contribution is 4.96. The third-order valence-corrected chi connectivity index (χ3v) is 2.81. The van der Waals surface area contributed by atoms with E-state index >= 15 is 0 Å². The zero-order valence-corrected chi connectivity index (χ0v) is 11.3. The molecule has 0 saturated carbocycles. The van der Waals surface area contributed by atoms with E-state index < -0.39 is 0 Å². The first-order valence-electron chi connectivity index (χ1n) is 6.27. The molecule has 98 valence electrons. The van der Waals surface area contributed by atoms with E-state index in [9.17, 15) is 0 Å². The summed E-state index contributed by atoms with van der Waals surface area (Å²) in [7, 11) is 3.65. The molecule has 5 heteroatoms. The predicted molar refractivity (Wildman–Crippen MR) is 67.9 cm³/mol. The van der Waals surface area contributed by atoms with Gasteiger partial charge < -0.3 is 10.1 Å². The first kappa shape index (κ1) is 14.1. The van der Waals surface area contributed by atoms with Gasteiger partial charge in [-0.2, -0.15) is 0 Å². The van der Waals surface area contributed by atoms with E-state index in [2.05, 4.69) is 29.5 Å². The molecule has 0 spiro atoms. The molecule has 0 fully saturated rings. The molecule has 2 atom stereocenters. The van der Waals surface area contributed by atoms with Crippen LogP contribution in [0.25, 0.3) is 0 Å². The van der Waals surface area contributed by atoms with Crippen LogP contribution < -0.4 is 5.32 Å². The first-order chi connectivity index (χ1) is 8.15. The van der Waals surface area contributed by atoms with Crippen molar-refractivity contribution in [3.05, 3.63) is 11.9 Å². The first-order valence-corrected chi connectivity index (χ1v) is 6.27. The van der Waals surface area contributed by atoms with Gasteiger partial charge in [0.15, 0.2) is 0 Å². The van der Waals surface area contributed by atoms with Gasteiger partial charge in [0.25, 0.3) is 0 Å². The van der Waals surface area contributed by atoms with Crippen LogP contribution in [0.4, 0.5) is 0 Å². The second-order valence-electron chi connectivity index (χ2n) is 4.52. The largest absolute Gasteiger partial charge is 0.382 e. The molecule has 0 amide bonds. The highest BCUT2D eigenvalue weighted by atomic mass is 16.5. The molecular formula is C12H24N4O. The van der Waals surface area contributed by atoms with Crippen molar-refractivity contribution in [2.24, 2.45) is 7.05 Å². The molecule has 5 nitrogen and oxygen atoms in total. The SMILES string of the molecule is CCCNC(Cc1cn(C)nn1)CC(C)OC. The average molecular weight is 240 g/mol. The second kappa shape index (κ2) is 7.40. The molecule has 0 saturated heterocycles. The zero-order valence-electron chi connectivity index (χ0n) is 11.3. The van der Waals surface area contributed by atoms with Gasteiger partial charge in [0, 0.05) is 32.8 Å². The van der Waals surface area contributed by atoms with Crippen molar-refractivity contribution in [3.63, 3.8) is 0 Å². The van der Waals surface area contributed by atoms with E-state index in [4.69, 9.17) is 4.74 Å². The van der Waals surface area contributed by atoms with Crippen molar-refractivity contribution in [1.29, 1.82) is 0 Å². The third-order valence-electron chi connectivity index (χ3n) is 2.81. The van der Waals surface area contributed by atoms with Gasteiger partial charge in [-0.25, -0.2) is 0 Å². The van der Waals surface area contributed by atoms with E-state index in [-0.39, 0.29) is 6.10 Å². The van der Waals surface area contributed by atoms with Crippen LogP contribution in [0.5, 0.6) is 0 Å². The predicted octanol–water partition coefficient (Wildman–Crippen LogP) is 1.15. The summed E-state index contributed by atoms with van der Waals surface area (Å²) in [4.78, 5) is 0. The molecule has 0 aliphatic heterocycles. The van der Waals surface area contributed by atoms with E-state index in [0.717, 1.165) is 31.5 Å². The molecule has 0 aliphatic rings. The molecule has 17 heavy (non-hydrogen) atoms. The van der Waals surface area contributed by atoms with Crippen molar-refractivity contribution in [3.8, 4) is 0 Å². The number of aromatic nitrogens is 3. The van der Waals surface area contributed by atoms with E-state index in [1.54, 1.807) is 11.8 Å². The van der Waals surface area contributed by atoms with Gasteiger partial charge in [0.1, 0.15) is 0 Å². The second-order valence-corrected chi connectivity index (χ2v) is 4.52. The van der Waals surface area contributed by atoms with Gasteiger partial charge in [-0.05, 0) is 26.3 Å². The summed E-state index contributed by atoms with van der Waals surface area (Å²) in [5.74, 6) is 0. The van der Waals surface area contributed by atoms with Gasteiger partial charge in [-0.1, -0.05) is 12.1 Å². The summed E-state index contributed by atoms with van der Waals surface area (Å²) in [5.41, 5.74) is 1.03. The third kappa shape index (κ3) is 5.28. The van der Waals surface area contributed by atoms with E-state index in [0.29, 0.717) is 6.04 Å². The van der Waals surface area contributed by atoms with Crippen molar-refractivity contribution in [2.75, 3.05) is 13.7 Å². The molecule has 0 aromatic carbocycles. The molecular weight excluding hydrogens is 216 g/mol. The Balaban J connectivity index is 2.50. The highest BCUT2D eigenvalue weighted by Gasteiger charge is 2.14. The summed E-state index contributed by atoms with van der Waals surface area (Å²) in [6.45, 7) is 5.30. The summed E-state index contributed by atoms with van der Waals surface area (Å²) in [6.07, 6.45) is 5.27. The monoisotopic (exact) mass is 240 g/mol. The maximum Gasteiger partial charge on any atom is 0.0842 e. The normalized spacial score (nSPS) is 14.8. The Kier molecular flexibility index (Phi) is 6.15. The standard InChI is InChI=1S/C12H24N4O/c1-5-6-13-11(7-10(2)17-4)8-12-9-16(3)15-14-12/h9-11,13H,5-8H2,1-4H3. The van der Waals surface area contributed by atoms with Gasteiger partial charge in [-0.3, -0.25) is 4.68 Å². The minimum Gasteiger partial charge on any atom is -0.382 e. The molecule has 0 radical (unpaired) electrons. The Morgan fingerprint density at radius 2 is 2.29 bits per heavy atom. The topological polar surface area (TPSA) is 52.0 Å². The lowest BCUT2D eigenvalue weighted by molar-refractivity contribution is 0.100. The van der Waals surface area contributed by atoms with Crippen LogP contribution in [0.3, 0.4) is 0 Å². The van der Waals surface area contributed by atoms with E-state index in [1.807, 2.05) is 13.2 Å². The number of methoxy groups -OCH3 is 1. The van der Waals surface area contributed by atoms with Crippen LogP contribution in [-0.4, -0.2) is 40.8 Å². The van der Waals surface area contributed by atoms with Crippen LogP contribution in [0, 0.1) is 0 Å². The summed E-state index contributed by atoms with van der Waals surface area (Å²) >= 11 is 0. The molecule has 1 aromatic rings. The summed E-state index contributed by atoms with van der Waals surface area (Å²) in [6, 6.07) is 0.404. The Bertz CT molecular complexity index is 313. The van der Waals surface area contributed by atoms with Crippen molar-refractivity contribution < 1.29 is 4.74 Å². The Morgan fingerprint density at radius 1 is 1.53 bits per heavy atom. The molecule has 2 unspecified atom stereocenters. The fraction of sp³-hybridized carbons (Fsp3) is 0.833. The number of hydrogen-bond donors (Lipinski definition) is 1. The van der Waals surface area contributed by atoms with Crippen molar-refractivity contribution in [2.45, 2.75) is 45.3 Å². The Morgan fingerprint density at radius 3 is 2.82 bits per heavy atom. The summed E-state index contributed by atoms with van der Waals surface area (Å²) < 4.78 is 7.06. The number of ether oxygens (including phenoxy) is 1. The highest BCUT2D eigenvalue weighted by Crippen LogP contribution is 2.07. The van der Waals surface area contributed by atoms with Crippen LogP contribution in [0.15, 0.2) is 6.20 Å². The molecule has 1 N–H and O–H groups in total. The lowest BCUT2D eigenvalue weighted by Gasteiger charge is -2.20. The van der Waals surface area contributed by atoms with Crippen LogP contribution in [-0.2, 0) is 18.2 Å². The van der Waals surface area contributed by atoms with Gasteiger partial charge >= 0.3 is 0 Å². The van der Waals surface area contributed by atoms with Gasteiger partial charge in [0.2, 0.25) is 0 Å². The molecule has 0 aliphatic carbocycles. The number of rotatable bonds is 8. The minimum absolute atomic E-state index is 0.265. The number of nitrogens with zero attached hydrogens (tertiary/aromatic N) is 3. The zero-order chi connectivity index (χ0) is 12.7. The van der Waals surface area contributed by atoms with Crippen LogP contribution in [0.2, 0.25) is 0 Å². The Hall–Kier alpha value is -0.940. The van der Waals surface area contributed by atoms with Gasteiger partial charge in [-0.15, -0.1) is 5.10 Å².